The quantitative estimate of drug-likeness (QED) is 0.554. The Bertz CT molecular complexity index is 846. The number of esters is 1. The van der Waals surface area contributed by atoms with Gasteiger partial charge in [0.25, 0.3) is 0 Å². The molecule has 0 spiro atoms. The van der Waals surface area contributed by atoms with Crippen LogP contribution in [-0.2, 0) is 14.3 Å². The van der Waals surface area contributed by atoms with Crippen molar-refractivity contribution in [3.05, 3.63) is 59.7 Å². The van der Waals surface area contributed by atoms with Crippen molar-refractivity contribution < 1.29 is 23.9 Å². The highest BCUT2D eigenvalue weighted by Gasteiger charge is 2.18. The number of para-hydroxylation sites is 1. The standard InChI is InChI=1S/C18H17N3O5/c1-2-26-18(25)13-5-3-4-6-14(13)21-17(24)16(23)20-12-9-7-11(8-10-12)15(19)22/h3-10H,2H2,1H3,(H2,19,22)(H,20,23)(H,21,24). The Morgan fingerprint density at radius 3 is 2.15 bits per heavy atom. The molecule has 0 aliphatic rings. The summed E-state index contributed by atoms with van der Waals surface area (Å²) in [5.74, 6) is -3.10. The largest absolute Gasteiger partial charge is 0.462 e. The lowest BCUT2D eigenvalue weighted by molar-refractivity contribution is -0.133. The molecule has 26 heavy (non-hydrogen) atoms. The fraction of sp³-hybridized carbons (Fsp3) is 0.111. The number of benzene rings is 2. The summed E-state index contributed by atoms with van der Waals surface area (Å²) in [4.78, 5) is 47.0. The lowest BCUT2D eigenvalue weighted by atomic mass is 10.1. The first-order valence-corrected chi connectivity index (χ1v) is 7.70. The third kappa shape index (κ3) is 4.67. The monoisotopic (exact) mass is 355 g/mol. The third-order valence-electron chi connectivity index (χ3n) is 3.30. The van der Waals surface area contributed by atoms with Gasteiger partial charge in [-0.1, -0.05) is 12.1 Å². The number of nitrogens with two attached hydrogens (primary N) is 1. The van der Waals surface area contributed by atoms with Crippen molar-refractivity contribution in [3.63, 3.8) is 0 Å². The summed E-state index contributed by atoms with van der Waals surface area (Å²) >= 11 is 0. The van der Waals surface area contributed by atoms with Crippen molar-refractivity contribution in [2.75, 3.05) is 17.2 Å². The summed E-state index contributed by atoms with van der Waals surface area (Å²) < 4.78 is 4.91. The maximum Gasteiger partial charge on any atom is 0.340 e. The summed E-state index contributed by atoms with van der Waals surface area (Å²) in [6.07, 6.45) is 0. The van der Waals surface area contributed by atoms with Crippen LogP contribution in [0.15, 0.2) is 48.5 Å². The van der Waals surface area contributed by atoms with Crippen LogP contribution in [-0.4, -0.2) is 30.3 Å². The number of nitrogens with one attached hydrogen (secondary N) is 2. The molecule has 8 heteroatoms. The fourth-order valence-electron chi connectivity index (χ4n) is 2.06. The first-order chi connectivity index (χ1) is 12.4. The Hall–Kier alpha value is -3.68. The molecule has 4 N–H and O–H groups in total. The van der Waals surface area contributed by atoms with Crippen LogP contribution in [0.3, 0.4) is 0 Å². The lowest BCUT2D eigenvalue weighted by Crippen LogP contribution is -2.29. The van der Waals surface area contributed by atoms with E-state index in [4.69, 9.17) is 10.5 Å². The summed E-state index contributed by atoms with van der Waals surface area (Å²) in [5.41, 5.74) is 6.02. The first-order valence-electron chi connectivity index (χ1n) is 7.70. The van der Waals surface area contributed by atoms with Crippen LogP contribution in [0.1, 0.15) is 27.6 Å². The van der Waals surface area contributed by atoms with E-state index in [-0.39, 0.29) is 23.4 Å². The van der Waals surface area contributed by atoms with Crippen LogP contribution < -0.4 is 16.4 Å². The smallest absolute Gasteiger partial charge is 0.340 e. The van der Waals surface area contributed by atoms with Crippen molar-refractivity contribution in [2.45, 2.75) is 6.92 Å². The average Bonchev–Trinajstić information content (AvgIpc) is 2.62. The number of primary amides is 1. The van der Waals surface area contributed by atoms with Crippen LogP contribution in [0.4, 0.5) is 11.4 Å². The second-order valence-corrected chi connectivity index (χ2v) is 5.12. The minimum absolute atomic E-state index is 0.140. The van der Waals surface area contributed by atoms with Gasteiger partial charge >= 0.3 is 17.8 Å². The van der Waals surface area contributed by atoms with Gasteiger partial charge in [-0.05, 0) is 43.3 Å². The Morgan fingerprint density at radius 2 is 1.54 bits per heavy atom. The molecule has 134 valence electrons. The zero-order valence-corrected chi connectivity index (χ0v) is 13.9. The van der Waals surface area contributed by atoms with E-state index in [1.54, 1.807) is 19.1 Å². The number of carbonyl (C=O) groups is 4. The SMILES string of the molecule is CCOC(=O)c1ccccc1NC(=O)C(=O)Nc1ccc(C(N)=O)cc1. The van der Waals surface area contributed by atoms with E-state index in [1.165, 1.54) is 36.4 Å². The van der Waals surface area contributed by atoms with Crippen molar-refractivity contribution in [1.82, 2.24) is 0 Å². The second kappa shape index (κ2) is 8.43. The summed E-state index contributed by atoms with van der Waals surface area (Å²) in [7, 11) is 0. The normalized spacial score (nSPS) is 9.88. The Balaban J connectivity index is 2.07. The van der Waals surface area contributed by atoms with E-state index < -0.39 is 23.7 Å². The van der Waals surface area contributed by atoms with Crippen molar-refractivity contribution in [1.29, 1.82) is 0 Å². The molecule has 0 heterocycles. The van der Waals surface area contributed by atoms with E-state index in [0.29, 0.717) is 5.69 Å². The topological polar surface area (TPSA) is 128 Å². The molecule has 0 unspecified atom stereocenters. The molecule has 0 saturated carbocycles. The van der Waals surface area contributed by atoms with E-state index in [9.17, 15) is 19.2 Å². The van der Waals surface area contributed by atoms with E-state index in [0.717, 1.165) is 0 Å². The molecule has 0 aliphatic carbocycles. The molecule has 0 aliphatic heterocycles. The van der Waals surface area contributed by atoms with Crippen LogP contribution >= 0.6 is 0 Å². The fourth-order valence-corrected chi connectivity index (χ4v) is 2.06. The predicted molar refractivity (Wildman–Crippen MR) is 94.6 cm³/mol. The molecule has 0 saturated heterocycles. The van der Waals surface area contributed by atoms with E-state index in [1.807, 2.05) is 0 Å². The highest BCUT2D eigenvalue weighted by molar-refractivity contribution is 6.44. The zero-order chi connectivity index (χ0) is 19.1. The van der Waals surface area contributed by atoms with Gasteiger partial charge in [0, 0.05) is 11.3 Å². The minimum atomic E-state index is -0.958. The van der Waals surface area contributed by atoms with Crippen LogP contribution in [0.5, 0.6) is 0 Å². The van der Waals surface area contributed by atoms with Gasteiger partial charge in [0.15, 0.2) is 0 Å². The van der Waals surface area contributed by atoms with Crippen LogP contribution in [0.25, 0.3) is 0 Å². The highest BCUT2D eigenvalue weighted by atomic mass is 16.5. The number of rotatable bonds is 5. The van der Waals surface area contributed by atoms with E-state index in [2.05, 4.69) is 10.6 Å². The summed E-state index contributed by atoms with van der Waals surface area (Å²) in [6, 6.07) is 11.9. The Morgan fingerprint density at radius 1 is 0.923 bits per heavy atom. The number of hydrogen-bond acceptors (Lipinski definition) is 5. The maximum absolute atomic E-state index is 12.1. The molecular formula is C18H17N3O5. The van der Waals surface area contributed by atoms with Gasteiger partial charge in [0.1, 0.15) is 0 Å². The van der Waals surface area contributed by atoms with Gasteiger partial charge in [-0.25, -0.2) is 4.79 Å². The molecule has 8 nitrogen and oxygen atoms in total. The molecule has 0 radical (unpaired) electrons. The molecular weight excluding hydrogens is 338 g/mol. The molecule has 3 amide bonds. The van der Waals surface area contributed by atoms with Gasteiger partial charge in [0.05, 0.1) is 17.9 Å². The molecule has 0 atom stereocenters. The average molecular weight is 355 g/mol. The van der Waals surface area contributed by atoms with Crippen molar-refractivity contribution in [2.24, 2.45) is 5.73 Å². The molecule has 2 aromatic rings. The predicted octanol–water partition coefficient (Wildman–Crippen LogP) is 1.54. The zero-order valence-electron chi connectivity index (χ0n) is 13.9. The van der Waals surface area contributed by atoms with Crippen LogP contribution in [0.2, 0.25) is 0 Å². The summed E-state index contributed by atoms with van der Waals surface area (Å²) in [6.45, 7) is 1.85. The van der Waals surface area contributed by atoms with Gasteiger partial charge in [-0.3, -0.25) is 14.4 Å². The third-order valence-corrected chi connectivity index (χ3v) is 3.30. The number of amides is 3. The lowest BCUT2D eigenvalue weighted by Gasteiger charge is -2.10. The molecule has 0 aromatic heterocycles. The minimum Gasteiger partial charge on any atom is -0.462 e. The molecule has 0 fully saturated rings. The molecule has 2 rings (SSSR count). The Kier molecular flexibility index (Phi) is 6.05. The Labute approximate surface area is 149 Å². The van der Waals surface area contributed by atoms with Gasteiger partial charge < -0.3 is 21.1 Å². The number of anilines is 2. The van der Waals surface area contributed by atoms with Gasteiger partial charge in [-0.2, -0.15) is 0 Å². The number of hydrogen-bond donors (Lipinski definition) is 3. The molecule has 0 bridgehead atoms. The maximum atomic E-state index is 12.1. The highest BCUT2D eigenvalue weighted by Crippen LogP contribution is 2.16. The van der Waals surface area contributed by atoms with Gasteiger partial charge in [-0.15, -0.1) is 0 Å². The first kappa shape index (κ1) is 18.7. The van der Waals surface area contributed by atoms with Crippen LogP contribution in [0, 0.1) is 0 Å². The second-order valence-electron chi connectivity index (χ2n) is 5.12. The van der Waals surface area contributed by atoms with Gasteiger partial charge in [0.2, 0.25) is 5.91 Å². The summed E-state index contributed by atoms with van der Waals surface area (Å²) in [5, 5.41) is 4.76. The van der Waals surface area contributed by atoms with Crippen molar-refractivity contribution >= 4 is 35.1 Å². The van der Waals surface area contributed by atoms with E-state index >= 15 is 0 Å². The molecule has 2 aromatic carbocycles. The number of carbonyl (C=O) groups excluding carboxylic acids is 4. The van der Waals surface area contributed by atoms with Crippen molar-refractivity contribution in [3.8, 4) is 0 Å². The number of ether oxygens (including phenoxy) is 1.